The fraction of sp³-hybridized carbons (Fsp3) is 0.867. The van der Waals surface area contributed by atoms with Crippen LogP contribution in [0, 0.1) is 11.3 Å². The second-order valence-corrected chi connectivity index (χ2v) is 6.99. The highest BCUT2D eigenvalue weighted by Crippen LogP contribution is 2.48. The average Bonchev–Trinajstić information content (AvgIpc) is 2.93. The smallest absolute Gasteiger partial charge is 0.317 e. The second kappa shape index (κ2) is 5.16. The first-order valence-corrected chi connectivity index (χ1v) is 7.94. The van der Waals surface area contributed by atoms with Gasteiger partial charge in [-0.15, -0.1) is 0 Å². The van der Waals surface area contributed by atoms with Crippen LogP contribution in [0.15, 0.2) is 0 Å². The number of nitrogens with one attached hydrogen (secondary N) is 1. The predicted octanol–water partition coefficient (Wildman–Crippen LogP) is 1.19. The van der Waals surface area contributed by atoms with E-state index < -0.39 is 17.0 Å². The Kier molecular flexibility index (Phi) is 3.59. The maximum absolute atomic E-state index is 12.2. The van der Waals surface area contributed by atoms with Crippen molar-refractivity contribution in [2.24, 2.45) is 11.3 Å². The number of carboxylic acid groups (broad SMARTS) is 1. The summed E-state index contributed by atoms with van der Waals surface area (Å²) in [7, 11) is 0. The van der Waals surface area contributed by atoms with Crippen molar-refractivity contribution in [2.45, 2.75) is 50.5 Å². The molecule has 21 heavy (non-hydrogen) atoms. The molecule has 2 atom stereocenters. The summed E-state index contributed by atoms with van der Waals surface area (Å²) >= 11 is 0. The van der Waals surface area contributed by atoms with Crippen molar-refractivity contribution < 1.29 is 19.8 Å². The van der Waals surface area contributed by atoms with E-state index in [9.17, 15) is 19.8 Å². The number of carbonyl (C=O) groups excluding carboxylic acids is 1. The Bertz CT molecular complexity index is 449. The topological polar surface area (TPSA) is 89.9 Å². The van der Waals surface area contributed by atoms with Gasteiger partial charge in [0.1, 0.15) is 0 Å². The number of carbonyl (C=O) groups is 2. The molecule has 0 aromatic heterocycles. The number of hydrogen-bond acceptors (Lipinski definition) is 3. The third kappa shape index (κ3) is 2.50. The van der Waals surface area contributed by atoms with Crippen LogP contribution in [0.2, 0.25) is 0 Å². The number of aliphatic carboxylic acids is 1. The third-order valence-corrected chi connectivity index (χ3v) is 5.73. The van der Waals surface area contributed by atoms with Gasteiger partial charge in [0.15, 0.2) is 0 Å². The van der Waals surface area contributed by atoms with Crippen LogP contribution >= 0.6 is 0 Å². The van der Waals surface area contributed by atoms with E-state index in [1.165, 1.54) is 0 Å². The van der Waals surface area contributed by atoms with Crippen molar-refractivity contribution in [1.29, 1.82) is 0 Å². The summed E-state index contributed by atoms with van der Waals surface area (Å²) in [4.78, 5) is 25.4. The van der Waals surface area contributed by atoms with Crippen LogP contribution in [0.25, 0.3) is 0 Å². The minimum absolute atomic E-state index is 0.0940. The maximum atomic E-state index is 12.2. The van der Waals surface area contributed by atoms with E-state index >= 15 is 0 Å². The summed E-state index contributed by atoms with van der Waals surface area (Å²) in [5.74, 6) is -0.666. The van der Waals surface area contributed by atoms with Gasteiger partial charge in [0.05, 0.1) is 11.0 Å². The van der Waals surface area contributed by atoms with Crippen LogP contribution in [0.4, 0.5) is 4.79 Å². The molecule has 0 radical (unpaired) electrons. The second-order valence-electron chi connectivity index (χ2n) is 6.99. The molecule has 2 amide bonds. The molecule has 0 unspecified atom stereocenters. The van der Waals surface area contributed by atoms with Crippen molar-refractivity contribution in [3.05, 3.63) is 0 Å². The van der Waals surface area contributed by atoms with Gasteiger partial charge in [0, 0.05) is 19.6 Å². The van der Waals surface area contributed by atoms with Gasteiger partial charge in [-0.25, -0.2) is 4.79 Å². The van der Waals surface area contributed by atoms with Crippen molar-refractivity contribution in [2.75, 3.05) is 19.6 Å². The molecule has 118 valence electrons. The number of nitrogens with zero attached hydrogens (tertiary/aromatic N) is 1. The molecule has 1 saturated heterocycles. The lowest BCUT2D eigenvalue weighted by Crippen LogP contribution is -2.45. The summed E-state index contributed by atoms with van der Waals surface area (Å²) in [6, 6.07) is -0.187. The van der Waals surface area contributed by atoms with Gasteiger partial charge in [-0.3, -0.25) is 4.79 Å². The molecule has 0 aromatic carbocycles. The van der Waals surface area contributed by atoms with Gasteiger partial charge in [-0.2, -0.15) is 0 Å². The van der Waals surface area contributed by atoms with E-state index in [0.29, 0.717) is 32.5 Å². The van der Waals surface area contributed by atoms with E-state index in [-0.39, 0.29) is 11.9 Å². The summed E-state index contributed by atoms with van der Waals surface area (Å²) in [5.41, 5.74) is -1.30. The minimum Gasteiger partial charge on any atom is -0.481 e. The van der Waals surface area contributed by atoms with Crippen molar-refractivity contribution in [3.8, 4) is 0 Å². The molecule has 6 nitrogen and oxygen atoms in total. The van der Waals surface area contributed by atoms with Crippen molar-refractivity contribution in [3.63, 3.8) is 0 Å². The van der Waals surface area contributed by atoms with E-state index in [0.717, 1.165) is 32.1 Å². The van der Waals surface area contributed by atoms with Gasteiger partial charge in [-0.05, 0) is 44.4 Å². The van der Waals surface area contributed by atoms with Gasteiger partial charge in [0.2, 0.25) is 0 Å². The number of likely N-dealkylation sites (tertiary alicyclic amines) is 1. The van der Waals surface area contributed by atoms with Crippen molar-refractivity contribution in [1.82, 2.24) is 10.2 Å². The van der Waals surface area contributed by atoms with Crippen LogP contribution in [0.1, 0.15) is 44.9 Å². The molecule has 2 aliphatic carbocycles. The summed E-state index contributed by atoms with van der Waals surface area (Å²) in [6.45, 7) is 1.32. The SMILES string of the molecule is O=C(NCCC1(O)CCC1)N1C[C@@H]2CCC[C@@]2(C(=O)O)C1. The lowest BCUT2D eigenvalue weighted by atomic mass is 9.78. The van der Waals surface area contributed by atoms with E-state index in [2.05, 4.69) is 5.32 Å². The molecular weight excluding hydrogens is 272 g/mol. The third-order valence-electron chi connectivity index (χ3n) is 5.73. The first-order valence-electron chi connectivity index (χ1n) is 7.94. The quantitative estimate of drug-likeness (QED) is 0.727. The van der Waals surface area contributed by atoms with Crippen LogP contribution in [0.5, 0.6) is 0 Å². The van der Waals surface area contributed by atoms with Crippen LogP contribution in [0.3, 0.4) is 0 Å². The van der Waals surface area contributed by atoms with Crippen LogP contribution in [-0.4, -0.2) is 52.3 Å². The fourth-order valence-electron chi connectivity index (χ4n) is 4.14. The standard InChI is InChI=1S/C15H24N2O4/c18-12(19)15-6-1-3-11(15)9-17(10-15)13(20)16-8-7-14(21)4-2-5-14/h11,21H,1-10H2,(H,16,20)(H,18,19)/t11-,15+/m0/s1. The Morgan fingerprint density at radius 3 is 2.57 bits per heavy atom. The molecular formula is C15H24N2O4. The highest BCUT2D eigenvalue weighted by atomic mass is 16.4. The molecule has 3 fully saturated rings. The van der Waals surface area contributed by atoms with Crippen LogP contribution in [-0.2, 0) is 4.79 Å². The lowest BCUT2D eigenvalue weighted by molar-refractivity contribution is -0.149. The molecule has 0 spiro atoms. The Labute approximate surface area is 124 Å². The molecule has 0 aromatic rings. The molecule has 3 aliphatic rings. The van der Waals surface area contributed by atoms with E-state index in [1.807, 2.05) is 0 Å². The minimum atomic E-state index is -0.760. The zero-order valence-electron chi connectivity index (χ0n) is 12.3. The largest absolute Gasteiger partial charge is 0.481 e. The first kappa shape index (κ1) is 14.6. The predicted molar refractivity (Wildman–Crippen MR) is 75.8 cm³/mol. The Morgan fingerprint density at radius 2 is 2.00 bits per heavy atom. The number of hydrogen-bond donors (Lipinski definition) is 3. The van der Waals surface area contributed by atoms with Gasteiger partial charge in [0.25, 0.3) is 0 Å². The van der Waals surface area contributed by atoms with E-state index in [1.54, 1.807) is 4.90 Å². The summed E-state index contributed by atoms with van der Waals surface area (Å²) < 4.78 is 0. The highest BCUT2D eigenvalue weighted by molar-refractivity contribution is 5.80. The fourth-order valence-corrected chi connectivity index (χ4v) is 4.14. The Hall–Kier alpha value is -1.30. The summed E-state index contributed by atoms with van der Waals surface area (Å²) in [5, 5.41) is 22.3. The normalized spacial score (nSPS) is 33.4. The summed E-state index contributed by atoms with van der Waals surface area (Å²) in [6.07, 6.45) is 5.79. The number of rotatable bonds is 4. The lowest BCUT2D eigenvalue weighted by Gasteiger charge is -2.36. The van der Waals surface area contributed by atoms with Gasteiger partial charge >= 0.3 is 12.0 Å². The Morgan fingerprint density at radius 1 is 1.24 bits per heavy atom. The zero-order chi connectivity index (χ0) is 15.1. The Balaban J connectivity index is 1.51. The molecule has 1 aliphatic heterocycles. The molecule has 2 saturated carbocycles. The first-order chi connectivity index (χ1) is 9.95. The van der Waals surface area contributed by atoms with E-state index in [4.69, 9.17) is 0 Å². The van der Waals surface area contributed by atoms with Gasteiger partial charge < -0.3 is 20.4 Å². The molecule has 6 heteroatoms. The molecule has 1 heterocycles. The monoisotopic (exact) mass is 296 g/mol. The van der Waals surface area contributed by atoms with Gasteiger partial charge in [-0.1, -0.05) is 6.42 Å². The number of urea groups is 1. The molecule has 3 N–H and O–H groups in total. The maximum Gasteiger partial charge on any atom is 0.317 e. The highest BCUT2D eigenvalue weighted by Gasteiger charge is 2.55. The number of amides is 2. The van der Waals surface area contributed by atoms with Crippen LogP contribution < -0.4 is 5.32 Å². The number of fused-ring (bicyclic) bond motifs is 1. The molecule has 0 bridgehead atoms. The number of carboxylic acids is 1. The molecule has 3 rings (SSSR count). The van der Waals surface area contributed by atoms with Crippen molar-refractivity contribution >= 4 is 12.0 Å². The number of aliphatic hydroxyl groups is 1. The zero-order valence-corrected chi connectivity index (χ0v) is 12.3. The average molecular weight is 296 g/mol.